The van der Waals surface area contributed by atoms with Crippen molar-refractivity contribution in [3.8, 4) is 0 Å². The highest BCUT2D eigenvalue weighted by Crippen LogP contribution is 2.12. The number of benzene rings is 1. The Balaban J connectivity index is 2.87. The van der Waals surface area contributed by atoms with Gasteiger partial charge in [-0.15, -0.1) is 0 Å². The minimum atomic E-state index is -3.54. The number of esters is 1. The van der Waals surface area contributed by atoms with Crippen LogP contribution in [-0.2, 0) is 14.8 Å². The summed E-state index contributed by atoms with van der Waals surface area (Å²) in [5, 5.41) is 0. The average molecular weight is 283 g/mol. The van der Waals surface area contributed by atoms with Gasteiger partial charge in [0.2, 0.25) is 10.0 Å². The van der Waals surface area contributed by atoms with Crippen molar-refractivity contribution < 1.29 is 17.9 Å². The minimum Gasteiger partial charge on any atom is -0.458 e. The molecule has 0 unspecified atom stereocenters. The van der Waals surface area contributed by atoms with E-state index in [0.29, 0.717) is 5.56 Å². The van der Waals surface area contributed by atoms with Gasteiger partial charge >= 0.3 is 5.97 Å². The third-order valence-corrected chi connectivity index (χ3v) is 3.80. The molecule has 0 fully saturated rings. The third-order valence-electron chi connectivity index (χ3n) is 2.12. The molecule has 0 aliphatic carbocycles. The second-order valence-corrected chi connectivity index (χ2v) is 5.90. The summed E-state index contributed by atoms with van der Waals surface area (Å²) in [6.07, 6.45) is 1.46. The van der Waals surface area contributed by atoms with E-state index < -0.39 is 16.0 Å². The van der Waals surface area contributed by atoms with Crippen LogP contribution in [0.1, 0.15) is 24.2 Å². The summed E-state index contributed by atoms with van der Waals surface area (Å²) in [4.78, 5) is 11.6. The molecule has 1 N–H and O–H groups in total. The fourth-order valence-electron chi connectivity index (χ4n) is 1.37. The molecule has 104 valence electrons. The molecule has 1 rings (SSSR count). The van der Waals surface area contributed by atoms with Gasteiger partial charge in [0.1, 0.15) is 6.61 Å². The van der Waals surface area contributed by atoms with Crippen molar-refractivity contribution in [2.24, 2.45) is 0 Å². The second-order valence-electron chi connectivity index (χ2n) is 4.19. The molecule has 19 heavy (non-hydrogen) atoms. The van der Waals surface area contributed by atoms with Gasteiger partial charge in [-0.05, 0) is 38.1 Å². The number of hydrogen-bond acceptors (Lipinski definition) is 4. The van der Waals surface area contributed by atoms with Crippen molar-refractivity contribution in [2.45, 2.75) is 24.8 Å². The number of carbonyl (C=O) groups is 1. The van der Waals surface area contributed by atoms with Gasteiger partial charge in [-0.2, -0.15) is 0 Å². The molecular weight excluding hydrogens is 266 g/mol. The Hall–Kier alpha value is -1.66. The summed E-state index contributed by atoms with van der Waals surface area (Å²) < 4.78 is 31.0. The van der Waals surface area contributed by atoms with Gasteiger partial charge in [0.25, 0.3) is 0 Å². The predicted octanol–water partition coefficient (Wildman–Crippen LogP) is 1.72. The largest absolute Gasteiger partial charge is 0.458 e. The van der Waals surface area contributed by atoms with E-state index in [1.54, 1.807) is 13.8 Å². The van der Waals surface area contributed by atoms with E-state index in [1.807, 2.05) is 0 Å². The van der Waals surface area contributed by atoms with Gasteiger partial charge in [0, 0.05) is 6.04 Å². The summed E-state index contributed by atoms with van der Waals surface area (Å²) in [6.45, 7) is 7.02. The van der Waals surface area contributed by atoms with Gasteiger partial charge in [-0.25, -0.2) is 17.9 Å². The number of rotatable bonds is 6. The summed E-state index contributed by atoms with van der Waals surface area (Å²) in [5.41, 5.74) is 0.297. The molecule has 0 bridgehead atoms. The van der Waals surface area contributed by atoms with Crippen LogP contribution in [0.3, 0.4) is 0 Å². The van der Waals surface area contributed by atoms with Crippen LogP contribution in [-0.4, -0.2) is 27.0 Å². The molecule has 0 saturated carbocycles. The topological polar surface area (TPSA) is 72.5 Å². The second kappa shape index (κ2) is 6.49. The van der Waals surface area contributed by atoms with E-state index in [1.165, 1.54) is 30.3 Å². The normalized spacial score (nSPS) is 11.3. The van der Waals surface area contributed by atoms with E-state index in [9.17, 15) is 13.2 Å². The lowest BCUT2D eigenvalue weighted by atomic mass is 10.2. The molecule has 0 aliphatic heterocycles. The van der Waals surface area contributed by atoms with Crippen molar-refractivity contribution in [2.75, 3.05) is 6.61 Å². The van der Waals surface area contributed by atoms with Crippen LogP contribution in [0.2, 0.25) is 0 Å². The number of ether oxygens (including phenoxy) is 1. The first-order valence-electron chi connectivity index (χ1n) is 5.77. The average Bonchev–Trinajstić information content (AvgIpc) is 2.34. The highest BCUT2D eigenvalue weighted by molar-refractivity contribution is 7.89. The van der Waals surface area contributed by atoms with Gasteiger partial charge < -0.3 is 4.74 Å². The van der Waals surface area contributed by atoms with Crippen LogP contribution in [0.4, 0.5) is 0 Å². The Labute approximate surface area is 113 Å². The number of hydrogen-bond donors (Lipinski definition) is 1. The molecule has 5 nitrogen and oxygen atoms in total. The molecule has 0 aromatic heterocycles. The SMILES string of the molecule is C=CCOC(=O)c1ccc(S(=O)(=O)NC(C)C)cc1. The molecule has 6 heteroatoms. The summed E-state index contributed by atoms with van der Waals surface area (Å²) in [6, 6.07) is 5.38. The predicted molar refractivity (Wildman–Crippen MR) is 72.4 cm³/mol. The first kappa shape index (κ1) is 15.4. The van der Waals surface area contributed by atoms with E-state index in [0.717, 1.165) is 0 Å². The fraction of sp³-hybridized carbons (Fsp3) is 0.308. The van der Waals surface area contributed by atoms with Gasteiger partial charge in [-0.1, -0.05) is 12.7 Å². The van der Waals surface area contributed by atoms with E-state index >= 15 is 0 Å². The van der Waals surface area contributed by atoms with Crippen molar-refractivity contribution in [3.05, 3.63) is 42.5 Å². The number of nitrogens with one attached hydrogen (secondary N) is 1. The highest BCUT2D eigenvalue weighted by atomic mass is 32.2. The lowest BCUT2D eigenvalue weighted by Crippen LogP contribution is -2.30. The highest BCUT2D eigenvalue weighted by Gasteiger charge is 2.16. The third kappa shape index (κ3) is 4.50. The van der Waals surface area contributed by atoms with Crippen molar-refractivity contribution in [1.29, 1.82) is 0 Å². The van der Waals surface area contributed by atoms with Crippen LogP contribution >= 0.6 is 0 Å². The molecule has 0 radical (unpaired) electrons. The van der Waals surface area contributed by atoms with Crippen LogP contribution in [0.5, 0.6) is 0 Å². The standard InChI is InChI=1S/C13H17NO4S/c1-4-9-18-13(15)11-5-7-12(8-6-11)19(16,17)14-10(2)3/h4-8,10,14H,1,9H2,2-3H3. The molecule has 0 amide bonds. The summed E-state index contributed by atoms with van der Waals surface area (Å²) in [7, 11) is -3.54. The molecule has 0 aliphatic rings. The zero-order chi connectivity index (χ0) is 14.5. The molecule has 1 aromatic rings. The zero-order valence-electron chi connectivity index (χ0n) is 10.9. The lowest BCUT2D eigenvalue weighted by Gasteiger charge is -2.09. The Morgan fingerprint density at radius 1 is 1.37 bits per heavy atom. The lowest BCUT2D eigenvalue weighted by molar-refractivity contribution is 0.0549. The molecule has 0 spiro atoms. The maximum atomic E-state index is 11.9. The van der Waals surface area contributed by atoms with Crippen LogP contribution in [0, 0.1) is 0 Å². The maximum Gasteiger partial charge on any atom is 0.338 e. The number of sulfonamides is 1. The monoisotopic (exact) mass is 283 g/mol. The Morgan fingerprint density at radius 2 is 1.95 bits per heavy atom. The van der Waals surface area contributed by atoms with E-state index in [4.69, 9.17) is 4.74 Å². The van der Waals surface area contributed by atoms with Crippen molar-refractivity contribution >= 4 is 16.0 Å². The first-order valence-corrected chi connectivity index (χ1v) is 7.25. The molecular formula is C13H17NO4S. The maximum absolute atomic E-state index is 11.9. The van der Waals surface area contributed by atoms with Crippen molar-refractivity contribution in [3.63, 3.8) is 0 Å². The smallest absolute Gasteiger partial charge is 0.338 e. The quantitative estimate of drug-likeness (QED) is 0.637. The first-order chi connectivity index (χ1) is 8.86. The van der Waals surface area contributed by atoms with Crippen LogP contribution in [0.25, 0.3) is 0 Å². The molecule has 1 aromatic carbocycles. The molecule has 0 heterocycles. The molecule has 0 saturated heterocycles. The van der Waals surface area contributed by atoms with Gasteiger partial charge in [-0.3, -0.25) is 0 Å². The Bertz CT molecular complexity index is 547. The summed E-state index contributed by atoms with van der Waals surface area (Å²) in [5.74, 6) is -0.513. The van der Waals surface area contributed by atoms with Crippen LogP contribution in [0.15, 0.2) is 41.8 Å². The zero-order valence-corrected chi connectivity index (χ0v) is 11.7. The Kier molecular flexibility index (Phi) is 5.26. The fourth-order valence-corrected chi connectivity index (χ4v) is 2.62. The van der Waals surface area contributed by atoms with E-state index in [2.05, 4.69) is 11.3 Å². The Morgan fingerprint density at radius 3 is 2.42 bits per heavy atom. The van der Waals surface area contributed by atoms with Crippen molar-refractivity contribution in [1.82, 2.24) is 4.72 Å². The van der Waals surface area contributed by atoms with Crippen LogP contribution < -0.4 is 4.72 Å². The van der Waals surface area contributed by atoms with E-state index in [-0.39, 0.29) is 17.5 Å². The summed E-state index contributed by atoms with van der Waals surface area (Å²) >= 11 is 0. The minimum absolute atomic E-state index is 0.112. The van der Waals surface area contributed by atoms with Gasteiger partial charge in [0.05, 0.1) is 10.5 Å². The van der Waals surface area contributed by atoms with Gasteiger partial charge in [0.15, 0.2) is 0 Å². The number of carbonyl (C=O) groups excluding carboxylic acids is 1. The molecule has 0 atom stereocenters.